The Morgan fingerprint density at radius 2 is 2.25 bits per heavy atom. The first-order chi connectivity index (χ1) is 5.79. The van der Waals surface area contributed by atoms with Crippen molar-refractivity contribution in [3.05, 3.63) is 24.5 Å². The lowest BCUT2D eigenvalue weighted by atomic mass is 10.3. The fourth-order valence-corrected chi connectivity index (χ4v) is 1.28. The summed E-state index contributed by atoms with van der Waals surface area (Å²) in [4.78, 5) is 9.50. The zero-order valence-electron chi connectivity index (χ0n) is 7.20. The summed E-state index contributed by atoms with van der Waals surface area (Å²) in [6, 6.07) is 3.95. The van der Waals surface area contributed by atoms with Crippen LogP contribution in [0.2, 0.25) is 0 Å². The Kier molecular flexibility index (Phi) is 1.50. The summed E-state index contributed by atoms with van der Waals surface area (Å²) in [5.74, 6) is 0. The smallest absolute Gasteiger partial charge is 0.111 e. The van der Waals surface area contributed by atoms with Gasteiger partial charge in [0.05, 0.1) is 11.2 Å². The van der Waals surface area contributed by atoms with E-state index in [1.54, 1.807) is 0 Å². The molecule has 0 aliphatic heterocycles. The van der Waals surface area contributed by atoms with Gasteiger partial charge in [-0.25, -0.2) is 0 Å². The van der Waals surface area contributed by atoms with Gasteiger partial charge in [0.15, 0.2) is 0 Å². The number of anilines is 1. The molecule has 0 saturated heterocycles. The van der Waals surface area contributed by atoms with Gasteiger partial charge >= 0.3 is 0 Å². The monoisotopic (exact) mass is 161 g/mol. The molecule has 0 saturated carbocycles. The average molecular weight is 161 g/mol. The Morgan fingerprint density at radius 1 is 1.42 bits per heavy atom. The molecule has 2 rings (SSSR count). The van der Waals surface area contributed by atoms with E-state index in [0.717, 1.165) is 16.7 Å². The van der Waals surface area contributed by atoms with Gasteiger partial charge in [0.2, 0.25) is 0 Å². The van der Waals surface area contributed by atoms with Gasteiger partial charge in [0, 0.05) is 26.5 Å². The van der Waals surface area contributed by atoms with Gasteiger partial charge in [0.1, 0.15) is 5.52 Å². The Balaban J connectivity index is 2.70. The second-order valence-electron chi connectivity index (χ2n) is 2.97. The van der Waals surface area contributed by atoms with Gasteiger partial charge in [-0.05, 0) is 12.1 Å². The van der Waals surface area contributed by atoms with Crippen molar-refractivity contribution in [2.45, 2.75) is 0 Å². The van der Waals surface area contributed by atoms with E-state index >= 15 is 0 Å². The molecule has 3 nitrogen and oxygen atoms in total. The molecule has 0 aromatic carbocycles. The molecule has 2 heterocycles. The Bertz CT molecular complexity index is 389. The molecule has 0 spiro atoms. The number of nitrogens with zero attached hydrogens (tertiary/aromatic N) is 2. The second kappa shape index (κ2) is 2.52. The number of H-pyrrole nitrogens is 1. The number of nitrogens with one attached hydrogen (secondary N) is 1. The van der Waals surface area contributed by atoms with Crippen LogP contribution in [0.4, 0.5) is 5.69 Å². The fraction of sp³-hybridized carbons (Fsp3) is 0.222. The van der Waals surface area contributed by atoms with Crippen LogP contribution >= 0.6 is 0 Å². The lowest BCUT2D eigenvalue weighted by Gasteiger charge is -2.08. The number of aromatic nitrogens is 2. The molecule has 0 unspecified atom stereocenters. The van der Waals surface area contributed by atoms with E-state index in [4.69, 9.17) is 0 Å². The molecular formula is C9H11N3. The van der Waals surface area contributed by atoms with Gasteiger partial charge in [-0.2, -0.15) is 0 Å². The molecule has 0 amide bonds. The Labute approximate surface area is 71.0 Å². The molecule has 0 radical (unpaired) electrons. The van der Waals surface area contributed by atoms with Crippen molar-refractivity contribution in [1.29, 1.82) is 0 Å². The van der Waals surface area contributed by atoms with E-state index in [2.05, 4.69) is 9.97 Å². The van der Waals surface area contributed by atoms with Gasteiger partial charge in [-0.15, -0.1) is 0 Å². The lowest BCUT2D eigenvalue weighted by molar-refractivity contribution is 1.13. The minimum atomic E-state index is 1.03. The largest absolute Gasteiger partial charge is 0.375 e. The lowest BCUT2D eigenvalue weighted by Crippen LogP contribution is -2.07. The number of aromatic amines is 1. The summed E-state index contributed by atoms with van der Waals surface area (Å²) in [7, 11) is 4.02. The van der Waals surface area contributed by atoms with Crippen molar-refractivity contribution in [3.8, 4) is 0 Å². The number of pyridine rings is 1. The van der Waals surface area contributed by atoms with Crippen LogP contribution in [0.25, 0.3) is 11.0 Å². The third kappa shape index (κ3) is 0.942. The predicted molar refractivity (Wildman–Crippen MR) is 50.4 cm³/mol. The average Bonchev–Trinajstić information content (AvgIpc) is 2.47. The van der Waals surface area contributed by atoms with Crippen molar-refractivity contribution >= 4 is 16.7 Å². The zero-order valence-corrected chi connectivity index (χ0v) is 7.20. The molecule has 62 valence electrons. The molecule has 3 heteroatoms. The van der Waals surface area contributed by atoms with Crippen LogP contribution in [0.1, 0.15) is 0 Å². The van der Waals surface area contributed by atoms with Crippen molar-refractivity contribution in [2.75, 3.05) is 19.0 Å². The summed E-state index contributed by atoms with van der Waals surface area (Å²) >= 11 is 0. The maximum Gasteiger partial charge on any atom is 0.111 e. The minimum absolute atomic E-state index is 1.03. The third-order valence-electron chi connectivity index (χ3n) is 1.90. The summed E-state index contributed by atoms with van der Waals surface area (Å²) in [5, 5.41) is 0. The third-order valence-corrected chi connectivity index (χ3v) is 1.90. The van der Waals surface area contributed by atoms with E-state index < -0.39 is 0 Å². The number of hydrogen-bond donors (Lipinski definition) is 1. The Hall–Kier alpha value is -1.51. The molecule has 2 aromatic heterocycles. The molecule has 0 aliphatic carbocycles. The molecule has 12 heavy (non-hydrogen) atoms. The summed E-state index contributed by atoms with van der Waals surface area (Å²) in [6.07, 6.45) is 3.78. The molecule has 1 N–H and O–H groups in total. The predicted octanol–water partition coefficient (Wildman–Crippen LogP) is 1.63. The van der Waals surface area contributed by atoms with Gasteiger partial charge in [0.25, 0.3) is 0 Å². The van der Waals surface area contributed by atoms with Gasteiger partial charge < -0.3 is 9.88 Å². The minimum Gasteiger partial charge on any atom is -0.375 e. The normalized spacial score (nSPS) is 10.5. The molecule has 0 atom stereocenters. The highest BCUT2D eigenvalue weighted by Crippen LogP contribution is 2.21. The van der Waals surface area contributed by atoms with E-state index in [1.165, 1.54) is 0 Å². The van der Waals surface area contributed by atoms with Crippen LogP contribution in [0.15, 0.2) is 24.5 Å². The Morgan fingerprint density at radius 3 is 3.00 bits per heavy atom. The quantitative estimate of drug-likeness (QED) is 0.689. The highest BCUT2D eigenvalue weighted by Gasteiger charge is 2.04. The van der Waals surface area contributed by atoms with Crippen molar-refractivity contribution in [3.63, 3.8) is 0 Å². The van der Waals surface area contributed by atoms with E-state index in [-0.39, 0.29) is 0 Å². The van der Waals surface area contributed by atoms with Crippen LogP contribution in [-0.2, 0) is 0 Å². The van der Waals surface area contributed by atoms with Crippen molar-refractivity contribution in [2.24, 2.45) is 0 Å². The number of rotatable bonds is 1. The van der Waals surface area contributed by atoms with E-state index in [9.17, 15) is 0 Å². The highest BCUT2D eigenvalue weighted by atomic mass is 15.1. The summed E-state index contributed by atoms with van der Waals surface area (Å²) in [6.45, 7) is 0. The molecular weight excluding hydrogens is 150 g/mol. The maximum absolute atomic E-state index is 4.29. The van der Waals surface area contributed by atoms with Gasteiger partial charge in [-0.1, -0.05) is 0 Å². The molecule has 2 aromatic rings. The standard InChI is InChI=1S/C9H11N3/c1-12(2)8-6-11-7-4-3-5-10-9(7)8/h3-6,11H,1-2H3. The second-order valence-corrected chi connectivity index (χ2v) is 2.97. The van der Waals surface area contributed by atoms with Gasteiger partial charge in [-0.3, -0.25) is 4.98 Å². The topological polar surface area (TPSA) is 31.9 Å². The van der Waals surface area contributed by atoms with E-state index in [1.807, 2.05) is 43.5 Å². The van der Waals surface area contributed by atoms with Crippen LogP contribution in [-0.4, -0.2) is 24.1 Å². The summed E-state index contributed by atoms with van der Waals surface area (Å²) in [5.41, 5.74) is 3.24. The molecule has 0 fully saturated rings. The van der Waals surface area contributed by atoms with Crippen LogP contribution in [0, 0.1) is 0 Å². The van der Waals surface area contributed by atoms with Crippen molar-refractivity contribution in [1.82, 2.24) is 9.97 Å². The van der Waals surface area contributed by atoms with E-state index in [0.29, 0.717) is 0 Å². The zero-order chi connectivity index (χ0) is 8.55. The van der Waals surface area contributed by atoms with Crippen LogP contribution < -0.4 is 4.90 Å². The van der Waals surface area contributed by atoms with Crippen LogP contribution in [0.5, 0.6) is 0 Å². The fourth-order valence-electron chi connectivity index (χ4n) is 1.28. The first-order valence-electron chi connectivity index (χ1n) is 3.88. The van der Waals surface area contributed by atoms with Crippen molar-refractivity contribution < 1.29 is 0 Å². The first kappa shape index (κ1) is 7.16. The highest BCUT2D eigenvalue weighted by molar-refractivity contribution is 5.88. The first-order valence-corrected chi connectivity index (χ1v) is 3.88. The molecule has 0 bridgehead atoms. The number of hydrogen-bond acceptors (Lipinski definition) is 2. The number of fused-ring (bicyclic) bond motifs is 1. The summed E-state index contributed by atoms with van der Waals surface area (Å²) < 4.78 is 0. The molecule has 0 aliphatic rings. The SMILES string of the molecule is CN(C)c1c[nH]c2cccnc12. The van der Waals surface area contributed by atoms with Crippen LogP contribution in [0.3, 0.4) is 0 Å². The maximum atomic E-state index is 4.29.